The largest absolute Gasteiger partial charge is 0.337 e. The zero-order chi connectivity index (χ0) is 17.4. The number of carbonyl (C=O) groups is 1. The van der Waals surface area contributed by atoms with Crippen LogP contribution in [0.3, 0.4) is 0 Å². The van der Waals surface area contributed by atoms with Crippen molar-refractivity contribution >= 4 is 6.03 Å². The smallest absolute Gasteiger partial charge is 0.318 e. The lowest BCUT2D eigenvalue weighted by molar-refractivity contribution is 0.116. The van der Waals surface area contributed by atoms with Crippen molar-refractivity contribution in [1.29, 1.82) is 0 Å². The van der Waals surface area contributed by atoms with E-state index in [1.807, 2.05) is 4.90 Å². The van der Waals surface area contributed by atoms with Gasteiger partial charge >= 0.3 is 6.03 Å². The van der Waals surface area contributed by atoms with Crippen LogP contribution in [0, 0.1) is 11.3 Å². The number of nitrogens with one attached hydrogen (secondary N) is 1. The molecule has 6 nitrogen and oxygen atoms in total. The Morgan fingerprint density at radius 1 is 1.20 bits per heavy atom. The van der Waals surface area contributed by atoms with Crippen molar-refractivity contribution in [3.05, 3.63) is 11.7 Å². The summed E-state index contributed by atoms with van der Waals surface area (Å²) >= 11 is 0. The van der Waals surface area contributed by atoms with Gasteiger partial charge in [0.1, 0.15) is 6.04 Å². The molecule has 2 saturated carbocycles. The molecule has 1 aromatic heterocycles. The monoisotopic (exact) mass is 346 g/mol. The summed E-state index contributed by atoms with van der Waals surface area (Å²) in [5.74, 6) is 2.03. The Bertz CT molecular complexity index is 607. The van der Waals surface area contributed by atoms with Crippen LogP contribution in [0.4, 0.5) is 4.79 Å². The summed E-state index contributed by atoms with van der Waals surface area (Å²) in [4.78, 5) is 19.3. The van der Waals surface area contributed by atoms with Crippen LogP contribution in [0.1, 0.15) is 88.9 Å². The van der Waals surface area contributed by atoms with E-state index in [9.17, 15) is 4.79 Å². The quantitative estimate of drug-likeness (QED) is 0.894. The molecular weight excluding hydrogens is 316 g/mol. The molecule has 1 N–H and O–H groups in total. The molecule has 2 amide bonds. The lowest BCUT2D eigenvalue weighted by atomic mass is 9.77. The van der Waals surface area contributed by atoms with E-state index in [0.29, 0.717) is 17.2 Å². The molecule has 3 aliphatic rings. The second-order valence-corrected chi connectivity index (χ2v) is 8.63. The van der Waals surface area contributed by atoms with Gasteiger partial charge < -0.3 is 14.7 Å². The van der Waals surface area contributed by atoms with Gasteiger partial charge in [0.05, 0.1) is 0 Å². The van der Waals surface area contributed by atoms with Crippen LogP contribution in [0.15, 0.2) is 4.52 Å². The average molecular weight is 346 g/mol. The number of likely N-dealkylation sites (tertiary alicyclic amines) is 1. The minimum atomic E-state index is -0.213. The van der Waals surface area contributed by atoms with E-state index in [0.717, 1.165) is 44.6 Å². The molecule has 25 heavy (non-hydrogen) atoms. The molecule has 1 aliphatic heterocycles. The fraction of sp³-hybridized carbons (Fsp3) is 0.842. The van der Waals surface area contributed by atoms with Crippen LogP contribution < -0.4 is 5.32 Å². The molecule has 1 atom stereocenters. The summed E-state index contributed by atoms with van der Waals surface area (Å²) in [5, 5.41) is 7.24. The van der Waals surface area contributed by atoms with E-state index in [-0.39, 0.29) is 18.0 Å². The van der Waals surface area contributed by atoms with Crippen molar-refractivity contribution in [3.8, 4) is 0 Å². The minimum Gasteiger partial charge on any atom is -0.337 e. The molecular formula is C19H30N4O2. The van der Waals surface area contributed by atoms with E-state index >= 15 is 0 Å². The van der Waals surface area contributed by atoms with Gasteiger partial charge in [0.25, 0.3) is 0 Å². The molecule has 138 valence electrons. The fourth-order valence-corrected chi connectivity index (χ4v) is 4.43. The van der Waals surface area contributed by atoms with Crippen molar-refractivity contribution in [1.82, 2.24) is 20.4 Å². The van der Waals surface area contributed by atoms with Gasteiger partial charge in [-0.3, -0.25) is 0 Å². The third-order valence-electron chi connectivity index (χ3n) is 6.39. The molecule has 2 aliphatic carbocycles. The highest BCUT2D eigenvalue weighted by Gasteiger charge is 2.39. The standard InChI is InChI=1S/C19H30N4O2/c1-13(2)15(17-21-16(22-25-17)14-5-6-14)20-18(24)23-11-9-19(10-12-23)7-3-4-8-19/h13-15H,3-12H2,1-2H3,(H,20,24)/t15-/m0/s1. The SMILES string of the molecule is CC(C)[C@H](NC(=O)N1CCC2(CCCC2)CC1)c1nc(C2CC2)no1. The highest BCUT2D eigenvalue weighted by molar-refractivity contribution is 5.74. The zero-order valence-electron chi connectivity index (χ0n) is 15.5. The fourth-order valence-electron chi connectivity index (χ4n) is 4.43. The Balaban J connectivity index is 1.37. The molecule has 1 saturated heterocycles. The maximum Gasteiger partial charge on any atom is 0.318 e. The Hall–Kier alpha value is -1.59. The number of hydrogen-bond donors (Lipinski definition) is 1. The van der Waals surface area contributed by atoms with Crippen LogP contribution in [0.5, 0.6) is 0 Å². The second-order valence-electron chi connectivity index (χ2n) is 8.63. The van der Waals surface area contributed by atoms with Gasteiger partial charge in [-0.05, 0) is 49.9 Å². The topological polar surface area (TPSA) is 71.3 Å². The number of nitrogens with zero attached hydrogens (tertiary/aromatic N) is 3. The van der Waals surface area contributed by atoms with Crippen LogP contribution in [-0.2, 0) is 0 Å². The Labute approximate surface area is 149 Å². The van der Waals surface area contributed by atoms with E-state index in [1.54, 1.807) is 0 Å². The lowest BCUT2D eigenvalue weighted by Gasteiger charge is -2.39. The summed E-state index contributed by atoms with van der Waals surface area (Å²) in [6.07, 6.45) is 10.0. The highest BCUT2D eigenvalue weighted by Crippen LogP contribution is 2.46. The van der Waals surface area contributed by atoms with Crippen molar-refractivity contribution in [2.75, 3.05) is 13.1 Å². The number of rotatable bonds is 4. The van der Waals surface area contributed by atoms with Crippen molar-refractivity contribution in [3.63, 3.8) is 0 Å². The molecule has 3 fully saturated rings. The maximum absolute atomic E-state index is 12.8. The highest BCUT2D eigenvalue weighted by atomic mass is 16.5. The van der Waals surface area contributed by atoms with Crippen LogP contribution in [0.2, 0.25) is 0 Å². The summed E-state index contributed by atoms with van der Waals surface area (Å²) in [6.45, 7) is 5.90. The van der Waals surface area contributed by atoms with Gasteiger partial charge in [0, 0.05) is 19.0 Å². The molecule has 2 heterocycles. The summed E-state index contributed by atoms with van der Waals surface area (Å²) in [7, 11) is 0. The molecule has 1 aromatic rings. The van der Waals surface area contributed by atoms with Gasteiger partial charge in [0.15, 0.2) is 5.82 Å². The molecule has 4 rings (SSSR count). The van der Waals surface area contributed by atoms with Gasteiger partial charge in [0.2, 0.25) is 5.89 Å². The number of urea groups is 1. The average Bonchev–Trinajstić information content (AvgIpc) is 3.17. The van der Waals surface area contributed by atoms with E-state index in [1.165, 1.54) is 25.7 Å². The Morgan fingerprint density at radius 2 is 1.88 bits per heavy atom. The van der Waals surface area contributed by atoms with Crippen molar-refractivity contribution in [2.24, 2.45) is 11.3 Å². The first kappa shape index (κ1) is 16.9. The van der Waals surface area contributed by atoms with Gasteiger partial charge in [-0.2, -0.15) is 4.98 Å². The lowest BCUT2D eigenvalue weighted by Crippen LogP contribution is -2.48. The first-order chi connectivity index (χ1) is 12.1. The number of amides is 2. The summed E-state index contributed by atoms with van der Waals surface area (Å²) in [6, 6.07) is -0.201. The molecule has 6 heteroatoms. The zero-order valence-corrected chi connectivity index (χ0v) is 15.5. The second kappa shape index (κ2) is 6.61. The molecule has 1 spiro atoms. The van der Waals surface area contributed by atoms with Crippen molar-refractivity contribution in [2.45, 2.75) is 77.2 Å². The van der Waals surface area contributed by atoms with Gasteiger partial charge in [-0.25, -0.2) is 4.79 Å². The molecule has 0 radical (unpaired) electrons. The first-order valence-electron chi connectivity index (χ1n) is 9.95. The van der Waals surface area contributed by atoms with E-state index < -0.39 is 0 Å². The van der Waals surface area contributed by atoms with Crippen molar-refractivity contribution < 1.29 is 9.32 Å². The summed E-state index contributed by atoms with van der Waals surface area (Å²) < 4.78 is 5.46. The van der Waals surface area contributed by atoms with Gasteiger partial charge in [-0.1, -0.05) is 31.8 Å². The molecule has 0 aromatic carbocycles. The number of hydrogen-bond acceptors (Lipinski definition) is 4. The third kappa shape index (κ3) is 3.53. The summed E-state index contributed by atoms with van der Waals surface area (Å²) in [5.41, 5.74) is 0.528. The minimum absolute atomic E-state index is 0.0118. The van der Waals surface area contributed by atoms with Crippen LogP contribution >= 0.6 is 0 Å². The maximum atomic E-state index is 12.8. The van der Waals surface area contributed by atoms with Crippen LogP contribution in [0.25, 0.3) is 0 Å². The van der Waals surface area contributed by atoms with Gasteiger partial charge in [-0.15, -0.1) is 0 Å². The number of piperidine rings is 1. The predicted octanol–water partition coefficient (Wildman–Crippen LogP) is 4.01. The first-order valence-corrected chi connectivity index (χ1v) is 9.95. The van der Waals surface area contributed by atoms with E-state index in [2.05, 4.69) is 29.3 Å². The predicted molar refractivity (Wildman–Crippen MR) is 94.1 cm³/mol. The van der Waals surface area contributed by atoms with E-state index in [4.69, 9.17) is 4.52 Å². The Kier molecular flexibility index (Phi) is 4.46. The number of aromatic nitrogens is 2. The third-order valence-corrected chi connectivity index (χ3v) is 6.39. The molecule has 0 unspecified atom stereocenters. The van der Waals surface area contributed by atoms with Crippen LogP contribution in [-0.4, -0.2) is 34.2 Å². The Morgan fingerprint density at radius 3 is 2.48 bits per heavy atom. The normalized spacial score (nSPS) is 24.0. The number of carbonyl (C=O) groups excluding carboxylic acids is 1. The molecule has 0 bridgehead atoms.